The summed E-state index contributed by atoms with van der Waals surface area (Å²) in [7, 11) is 1.53. The molecule has 4 rings (SSSR count). The Kier molecular flexibility index (Phi) is 6.80. The second kappa shape index (κ2) is 10.1. The standard InChI is InChI=1S/C26H23N3O3S/c1-17-9-12-21(13-10-17)25(30)32-22-14-11-19(15-23(22)31-3)16-27-29-26-28-24(18(2)33-26)20-7-5-4-6-8-20/h4-16H,1-3H3,(H,28,29)/b27-16-. The molecule has 7 heteroatoms. The first-order chi connectivity index (χ1) is 16.0. The summed E-state index contributed by atoms with van der Waals surface area (Å²) in [5, 5.41) is 5.00. The van der Waals surface area contributed by atoms with Crippen LogP contribution in [0, 0.1) is 13.8 Å². The Morgan fingerprint density at radius 2 is 1.76 bits per heavy atom. The van der Waals surface area contributed by atoms with Crippen LogP contribution in [0.1, 0.15) is 26.4 Å². The largest absolute Gasteiger partial charge is 0.493 e. The number of nitrogens with zero attached hydrogens (tertiary/aromatic N) is 2. The van der Waals surface area contributed by atoms with Crippen molar-refractivity contribution in [2.24, 2.45) is 5.10 Å². The summed E-state index contributed by atoms with van der Waals surface area (Å²) in [6.45, 7) is 4.00. The van der Waals surface area contributed by atoms with E-state index in [4.69, 9.17) is 9.47 Å². The number of ether oxygens (including phenoxy) is 2. The average Bonchev–Trinajstić information content (AvgIpc) is 3.21. The molecule has 0 saturated heterocycles. The van der Waals surface area contributed by atoms with Gasteiger partial charge in [-0.1, -0.05) is 48.0 Å². The number of nitrogens with one attached hydrogen (secondary N) is 1. The van der Waals surface area contributed by atoms with Crippen LogP contribution in [0.15, 0.2) is 77.9 Å². The number of carbonyl (C=O) groups is 1. The van der Waals surface area contributed by atoms with Crippen LogP contribution < -0.4 is 14.9 Å². The molecule has 3 aromatic carbocycles. The van der Waals surface area contributed by atoms with E-state index in [0.29, 0.717) is 22.2 Å². The molecule has 0 unspecified atom stereocenters. The molecule has 0 aliphatic heterocycles. The molecular formula is C26H23N3O3S. The summed E-state index contributed by atoms with van der Waals surface area (Å²) in [4.78, 5) is 18.2. The molecule has 33 heavy (non-hydrogen) atoms. The molecule has 0 spiro atoms. The molecule has 166 valence electrons. The number of benzene rings is 3. The van der Waals surface area contributed by atoms with Crippen molar-refractivity contribution in [2.75, 3.05) is 12.5 Å². The van der Waals surface area contributed by atoms with Gasteiger partial charge >= 0.3 is 5.97 Å². The number of methoxy groups -OCH3 is 1. The van der Waals surface area contributed by atoms with E-state index in [1.54, 1.807) is 47.9 Å². The van der Waals surface area contributed by atoms with E-state index in [-0.39, 0.29) is 0 Å². The van der Waals surface area contributed by atoms with Crippen molar-refractivity contribution in [2.45, 2.75) is 13.8 Å². The molecule has 0 bridgehead atoms. The summed E-state index contributed by atoms with van der Waals surface area (Å²) in [5.74, 6) is 0.344. The van der Waals surface area contributed by atoms with Crippen molar-refractivity contribution in [3.05, 3.63) is 94.4 Å². The fraction of sp³-hybridized carbons (Fsp3) is 0.115. The van der Waals surface area contributed by atoms with Crippen LogP contribution in [0.3, 0.4) is 0 Å². The van der Waals surface area contributed by atoms with E-state index >= 15 is 0 Å². The van der Waals surface area contributed by atoms with E-state index < -0.39 is 5.97 Å². The zero-order valence-corrected chi connectivity index (χ0v) is 19.3. The number of esters is 1. The fourth-order valence-corrected chi connectivity index (χ4v) is 3.95. The SMILES string of the molecule is COc1cc(/C=N\Nc2nc(-c3ccccc3)c(C)s2)ccc1OC(=O)c1ccc(C)cc1. The Labute approximate surface area is 196 Å². The Bertz CT molecular complexity index is 1280. The molecule has 0 aliphatic rings. The maximum Gasteiger partial charge on any atom is 0.343 e. The topological polar surface area (TPSA) is 72.8 Å². The first-order valence-corrected chi connectivity index (χ1v) is 11.1. The van der Waals surface area contributed by atoms with Gasteiger partial charge in [0.1, 0.15) is 0 Å². The lowest BCUT2D eigenvalue weighted by Gasteiger charge is -2.10. The van der Waals surface area contributed by atoms with Crippen molar-refractivity contribution in [3.8, 4) is 22.8 Å². The number of thiazole rings is 1. The lowest BCUT2D eigenvalue weighted by atomic mass is 10.1. The lowest BCUT2D eigenvalue weighted by Crippen LogP contribution is -2.09. The predicted molar refractivity (Wildman–Crippen MR) is 133 cm³/mol. The van der Waals surface area contributed by atoms with Gasteiger partial charge in [-0.05, 0) is 49.7 Å². The van der Waals surface area contributed by atoms with Crippen LogP contribution in [0.2, 0.25) is 0 Å². The third-order valence-electron chi connectivity index (χ3n) is 4.90. The number of hydrogen-bond donors (Lipinski definition) is 1. The van der Waals surface area contributed by atoms with E-state index in [1.807, 2.05) is 56.3 Å². The number of rotatable bonds is 7. The monoisotopic (exact) mass is 457 g/mol. The second-order valence-corrected chi connectivity index (χ2v) is 8.53. The zero-order chi connectivity index (χ0) is 23.2. The second-order valence-electron chi connectivity index (χ2n) is 7.33. The van der Waals surface area contributed by atoms with Gasteiger partial charge in [-0.2, -0.15) is 5.10 Å². The number of hydrogen-bond acceptors (Lipinski definition) is 7. The third kappa shape index (κ3) is 5.45. The number of hydrazone groups is 1. The number of carbonyl (C=O) groups excluding carboxylic acids is 1. The molecule has 0 aliphatic carbocycles. The Morgan fingerprint density at radius 1 is 1.00 bits per heavy atom. The van der Waals surface area contributed by atoms with Crippen LogP contribution in [0.4, 0.5) is 5.13 Å². The fourth-order valence-electron chi connectivity index (χ4n) is 3.17. The first kappa shape index (κ1) is 22.2. The summed E-state index contributed by atoms with van der Waals surface area (Å²) in [6, 6.07) is 22.5. The van der Waals surface area contributed by atoms with Crippen molar-refractivity contribution >= 4 is 28.7 Å². The Balaban J connectivity index is 1.44. The van der Waals surface area contributed by atoms with E-state index in [2.05, 4.69) is 15.5 Å². The highest BCUT2D eigenvalue weighted by molar-refractivity contribution is 7.15. The Morgan fingerprint density at radius 3 is 2.48 bits per heavy atom. The predicted octanol–water partition coefficient (Wildman–Crippen LogP) is 6.10. The molecular weight excluding hydrogens is 434 g/mol. The van der Waals surface area contributed by atoms with Gasteiger partial charge in [0.25, 0.3) is 0 Å². The van der Waals surface area contributed by atoms with Gasteiger partial charge in [0.05, 0.1) is 24.6 Å². The maximum absolute atomic E-state index is 12.4. The minimum Gasteiger partial charge on any atom is -0.493 e. The van der Waals surface area contributed by atoms with Crippen molar-refractivity contribution < 1.29 is 14.3 Å². The van der Waals surface area contributed by atoms with Crippen LogP contribution in [0.5, 0.6) is 11.5 Å². The quantitative estimate of drug-likeness (QED) is 0.157. The average molecular weight is 458 g/mol. The van der Waals surface area contributed by atoms with Gasteiger partial charge in [0, 0.05) is 10.4 Å². The molecule has 0 saturated carbocycles. The third-order valence-corrected chi connectivity index (χ3v) is 5.77. The zero-order valence-electron chi connectivity index (χ0n) is 18.5. The molecule has 6 nitrogen and oxygen atoms in total. The Hall–Kier alpha value is -3.97. The molecule has 0 radical (unpaired) electrons. The maximum atomic E-state index is 12.4. The normalized spacial score (nSPS) is 10.9. The van der Waals surface area contributed by atoms with E-state index in [9.17, 15) is 4.79 Å². The molecule has 0 fully saturated rings. The summed E-state index contributed by atoms with van der Waals surface area (Å²) in [6.07, 6.45) is 1.66. The lowest BCUT2D eigenvalue weighted by molar-refractivity contribution is 0.0729. The highest BCUT2D eigenvalue weighted by Gasteiger charge is 2.13. The minimum atomic E-state index is -0.440. The molecule has 0 atom stereocenters. The number of aryl methyl sites for hydroxylation is 2. The van der Waals surface area contributed by atoms with Crippen LogP contribution in [0.25, 0.3) is 11.3 Å². The molecule has 1 aromatic heterocycles. The number of aromatic nitrogens is 1. The van der Waals surface area contributed by atoms with Crippen LogP contribution in [-0.2, 0) is 0 Å². The van der Waals surface area contributed by atoms with Crippen molar-refractivity contribution in [1.29, 1.82) is 0 Å². The van der Waals surface area contributed by atoms with Crippen molar-refractivity contribution in [1.82, 2.24) is 4.98 Å². The van der Waals surface area contributed by atoms with E-state index in [1.165, 1.54) is 7.11 Å². The summed E-state index contributed by atoms with van der Waals surface area (Å²) < 4.78 is 10.9. The molecule has 1 N–H and O–H groups in total. The highest BCUT2D eigenvalue weighted by atomic mass is 32.1. The first-order valence-electron chi connectivity index (χ1n) is 10.3. The van der Waals surface area contributed by atoms with Crippen LogP contribution >= 0.6 is 11.3 Å². The van der Waals surface area contributed by atoms with Crippen LogP contribution in [-0.4, -0.2) is 24.3 Å². The summed E-state index contributed by atoms with van der Waals surface area (Å²) >= 11 is 1.54. The molecule has 0 amide bonds. The molecule has 4 aromatic rings. The van der Waals surface area contributed by atoms with E-state index in [0.717, 1.165) is 27.3 Å². The van der Waals surface area contributed by atoms with Gasteiger partial charge in [0.15, 0.2) is 11.5 Å². The van der Waals surface area contributed by atoms with Gasteiger partial charge < -0.3 is 9.47 Å². The van der Waals surface area contributed by atoms with Crippen molar-refractivity contribution in [3.63, 3.8) is 0 Å². The summed E-state index contributed by atoms with van der Waals surface area (Å²) in [5.41, 5.74) is 7.34. The molecule has 1 heterocycles. The minimum absolute atomic E-state index is 0.344. The smallest absolute Gasteiger partial charge is 0.343 e. The highest BCUT2D eigenvalue weighted by Crippen LogP contribution is 2.31. The van der Waals surface area contributed by atoms with Gasteiger partial charge in [0.2, 0.25) is 5.13 Å². The van der Waals surface area contributed by atoms with Gasteiger partial charge in [-0.15, -0.1) is 11.3 Å². The van der Waals surface area contributed by atoms with Gasteiger partial charge in [-0.3, -0.25) is 5.43 Å². The van der Waals surface area contributed by atoms with Gasteiger partial charge in [-0.25, -0.2) is 9.78 Å². The number of anilines is 1.